The molecule has 8 nitrogen and oxygen atoms in total. The maximum atomic E-state index is 11.8. The van der Waals surface area contributed by atoms with Crippen LogP contribution in [0.5, 0.6) is 0 Å². The van der Waals surface area contributed by atoms with Gasteiger partial charge in [0.25, 0.3) is 11.6 Å². The highest BCUT2D eigenvalue weighted by Gasteiger charge is 2.13. The highest BCUT2D eigenvalue weighted by atomic mass is 32.1. The molecule has 2 aromatic heterocycles. The molecule has 0 aliphatic rings. The van der Waals surface area contributed by atoms with Crippen molar-refractivity contribution in [3.63, 3.8) is 0 Å². The number of aromatic nitrogens is 2. The molecule has 0 unspecified atom stereocenters. The van der Waals surface area contributed by atoms with Crippen LogP contribution in [0.2, 0.25) is 0 Å². The average Bonchev–Trinajstić information content (AvgIpc) is 3.19. The molecule has 1 N–H and O–H groups in total. The van der Waals surface area contributed by atoms with E-state index >= 15 is 0 Å². The third kappa shape index (κ3) is 2.83. The molecule has 0 fully saturated rings. The summed E-state index contributed by atoms with van der Waals surface area (Å²) < 4.78 is 4.75. The largest absolute Gasteiger partial charge is 0.351 e. The Labute approximate surface area is 127 Å². The number of benzene rings is 1. The van der Waals surface area contributed by atoms with E-state index in [9.17, 15) is 14.9 Å². The van der Waals surface area contributed by atoms with E-state index in [1.807, 2.05) is 0 Å². The number of hydrogen-bond donors (Lipinski definition) is 1. The van der Waals surface area contributed by atoms with Gasteiger partial charge < -0.3 is 4.52 Å². The summed E-state index contributed by atoms with van der Waals surface area (Å²) in [7, 11) is 0. The molecule has 0 bridgehead atoms. The second kappa shape index (κ2) is 5.74. The van der Waals surface area contributed by atoms with Crippen LogP contribution in [0, 0.1) is 10.1 Å². The zero-order valence-corrected chi connectivity index (χ0v) is 11.7. The number of nitrogens with zero attached hydrogens (tertiary/aromatic N) is 3. The molecule has 2 heterocycles. The number of nitro groups is 1. The van der Waals surface area contributed by atoms with Crippen LogP contribution < -0.4 is 5.32 Å². The Kier molecular flexibility index (Phi) is 3.62. The summed E-state index contributed by atoms with van der Waals surface area (Å²) in [6.45, 7) is 0. The van der Waals surface area contributed by atoms with Gasteiger partial charge in [0.15, 0.2) is 5.13 Å². The first-order valence-electron chi connectivity index (χ1n) is 6.06. The average molecular weight is 316 g/mol. The minimum Gasteiger partial charge on any atom is -0.351 e. The first-order valence-corrected chi connectivity index (χ1v) is 6.94. The molecule has 0 saturated carbocycles. The number of carbonyl (C=O) groups excluding carboxylic acids is 1. The normalized spacial score (nSPS) is 10.4. The summed E-state index contributed by atoms with van der Waals surface area (Å²) in [5, 5.41) is 18.8. The molecule has 3 rings (SSSR count). The molecule has 22 heavy (non-hydrogen) atoms. The zero-order valence-electron chi connectivity index (χ0n) is 10.9. The molecular formula is C13H8N4O4S. The van der Waals surface area contributed by atoms with E-state index in [2.05, 4.69) is 15.5 Å². The maximum absolute atomic E-state index is 11.8. The second-order valence-corrected chi connectivity index (χ2v) is 5.03. The summed E-state index contributed by atoms with van der Waals surface area (Å²) in [6.07, 6.45) is 1.37. The zero-order chi connectivity index (χ0) is 15.5. The first kappa shape index (κ1) is 13.9. The van der Waals surface area contributed by atoms with Gasteiger partial charge in [-0.05, 0) is 12.1 Å². The molecule has 0 spiro atoms. The predicted molar refractivity (Wildman–Crippen MR) is 78.7 cm³/mol. The van der Waals surface area contributed by atoms with Crippen LogP contribution in [0.1, 0.15) is 10.6 Å². The van der Waals surface area contributed by atoms with Crippen molar-refractivity contribution in [3.05, 3.63) is 57.8 Å². The summed E-state index contributed by atoms with van der Waals surface area (Å²) in [4.78, 5) is 26.2. The Morgan fingerprint density at radius 3 is 2.68 bits per heavy atom. The van der Waals surface area contributed by atoms with Gasteiger partial charge in [0.1, 0.15) is 0 Å². The molecule has 0 aliphatic carbocycles. The smallest absolute Gasteiger partial charge is 0.296 e. The van der Waals surface area contributed by atoms with Crippen molar-refractivity contribution >= 4 is 28.1 Å². The van der Waals surface area contributed by atoms with Gasteiger partial charge in [-0.15, -0.1) is 11.3 Å². The van der Waals surface area contributed by atoms with E-state index < -0.39 is 10.8 Å². The van der Waals surface area contributed by atoms with Crippen LogP contribution in [0.15, 0.2) is 46.4 Å². The lowest BCUT2D eigenvalue weighted by Gasteiger charge is -1.97. The van der Waals surface area contributed by atoms with Gasteiger partial charge in [0.05, 0.1) is 16.8 Å². The van der Waals surface area contributed by atoms with Gasteiger partial charge in [-0.1, -0.05) is 5.16 Å². The summed E-state index contributed by atoms with van der Waals surface area (Å²) in [5.74, 6) is -0.353. The van der Waals surface area contributed by atoms with E-state index in [4.69, 9.17) is 4.52 Å². The standard InChI is InChI=1S/C13H8N4O4S/c18-12(11-5-6-14-21-11)16-13-15-10(7-22-13)8-1-3-9(4-2-8)17(19)20/h1-7H,(H,15,16,18). The molecule has 0 radical (unpaired) electrons. The molecule has 0 aliphatic heterocycles. The quantitative estimate of drug-likeness (QED) is 0.585. The van der Waals surface area contributed by atoms with Gasteiger partial charge in [0.2, 0.25) is 5.76 Å². The summed E-state index contributed by atoms with van der Waals surface area (Å²) in [5.41, 5.74) is 1.35. The maximum Gasteiger partial charge on any atom is 0.296 e. The topological polar surface area (TPSA) is 111 Å². The number of non-ortho nitro benzene ring substituents is 1. The third-order valence-electron chi connectivity index (χ3n) is 2.76. The molecular weight excluding hydrogens is 308 g/mol. The Morgan fingerprint density at radius 2 is 2.05 bits per heavy atom. The van der Waals surface area contributed by atoms with Crippen molar-refractivity contribution in [2.75, 3.05) is 5.32 Å². The van der Waals surface area contributed by atoms with Gasteiger partial charge >= 0.3 is 0 Å². The van der Waals surface area contributed by atoms with Crippen LogP contribution >= 0.6 is 11.3 Å². The predicted octanol–water partition coefficient (Wildman–Crippen LogP) is 2.96. The third-order valence-corrected chi connectivity index (χ3v) is 3.52. The summed E-state index contributed by atoms with van der Waals surface area (Å²) in [6, 6.07) is 7.47. The molecule has 0 saturated heterocycles. The van der Waals surface area contributed by atoms with E-state index in [-0.39, 0.29) is 11.4 Å². The Bertz CT molecular complexity index is 811. The molecule has 3 aromatic rings. The van der Waals surface area contributed by atoms with Crippen LogP contribution in [0.25, 0.3) is 11.3 Å². The van der Waals surface area contributed by atoms with Crippen molar-refractivity contribution in [2.24, 2.45) is 0 Å². The highest BCUT2D eigenvalue weighted by molar-refractivity contribution is 7.14. The minimum absolute atomic E-state index is 0.0119. The Balaban J connectivity index is 1.76. The number of nitrogens with one attached hydrogen (secondary N) is 1. The van der Waals surface area contributed by atoms with E-state index in [0.717, 1.165) is 5.56 Å². The number of nitro benzene ring substituents is 1. The van der Waals surface area contributed by atoms with Crippen molar-refractivity contribution < 1.29 is 14.2 Å². The van der Waals surface area contributed by atoms with Gasteiger partial charge in [-0.3, -0.25) is 20.2 Å². The molecule has 1 aromatic carbocycles. The highest BCUT2D eigenvalue weighted by Crippen LogP contribution is 2.26. The van der Waals surface area contributed by atoms with Crippen LogP contribution in [-0.4, -0.2) is 21.0 Å². The molecule has 110 valence electrons. The van der Waals surface area contributed by atoms with Crippen molar-refractivity contribution in [1.29, 1.82) is 0 Å². The second-order valence-electron chi connectivity index (χ2n) is 4.17. The number of carbonyl (C=O) groups is 1. The number of hydrogen-bond acceptors (Lipinski definition) is 7. The first-order chi connectivity index (χ1) is 10.6. The van der Waals surface area contributed by atoms with Gasteiger partial charge in [-0.2, -0.15) is 0 Å². The monoisotopic (exact) mass is 316 g/mol. The SMILES string of the molecule is O=C(Nc1nc(-c2ccc([N+](=O)[O-])cc2)cs1)c1ccno1. The lowest BCUT2D eigenvalue weighted by atomic mass is 10.1. The summed E-state index contributed by atoms with van der Waals surface area (Å²) >= 11 is 1.24. The van der Waals surface area contributed by atoms with Crippen molar-refractivity contribution in [1.82, 2.24) is 10.1 Å². The van der Waals surface area contributed by atoms with Crippen molar-refractivity contribution in [2.45, 2.75) is 0 Å². The fraction of sp³-hybridized carbons (Fsp3) is 0. The van der Waals surface area contributed by atoms with Crippen molar-refractivity contribution in [3.8, 4) is 11.3 Å². The minimum atomic E-state index is -0.464. The fourth-order valence-electron chi connectivity index (χ4n) is 1.71. The lowest BCUT2D eigenvalue weighted by molar-refractivity contribution is -0.384. The van der Waals surface area contributed by atoms with Gasteiger partial charge in [0, 0.05) is 29.1 Å². The molecule has 0 atom stereocenters. The van der Waals surface area contributed by atoms with Crippen LogP contribution in [-0.2, 0) is 0 Å². The number of anilines is 1. The number of thiazole rings is 1. The van der Waals surface area contributed by atoms with Crippen LogP contribution in [0.3, 0.4) is 0 Å². The van der Waals surface area contributed by atoms with E-state index in [1.54, 1.807) is 17.5 Å². The van der Waals surface area contributed by atoms with Crippen LogP contribution in [0.4, 0.5) is 10.8 Å². The molecule has 9 heteroatoms. The van der Waals surface area contributed by atoms with Gasteiger partial charge in [-0.25, -0.2) is 4.98 Å². The lowest BCUT2D eigenvalue weighted by Crippen LogP contribution is -2.10. The fourth-order valence-corrected chi connectivity index (χ4v) is 2.42. The van der Waals surface area contributed by atoms with E-state index in [1.165, 1.54) is 35.7 Å². The number of amides is 1. The Hall–Kier alpha value is -3.07. The Morgan fingerprint density at radius 1 is 1.27 bits per heavy atom. The number of rotatable bonds is 4. The van der Waals surface area contributed by atoms with E-state index in [0.29, 0.717) is 10.8 Å². The molecule has 1 amide bonds.